The number of aryl methyl sites for hydroxylation is 2. The number of nitrogens with zero attached hydrogens (tertiary/aromatic N) is 2. The lowest BCUT2D eigenvalue weighted by Crippen LogP contribution is -2.45. The number of carbonyl (C=O) groups is 2. The molecule has 146 valence electrons. The highest BCUT2D eigenvalue weighted by atomic mass is 32.2. The van der Waals surface area contributed by atoms with Crippen LogP contribution in [-0.4, -0.2) is 32.8 Å². The Morgan fingerprint density at radius 3 is 2.59 bits per heavy atom. The van der Waals surface area contributed by atoms with Gasteiger partial charge >= 0.3 is 6.03 Å². The fourth-order valence-electron chi connectivity index (χ4n) is 2.41. The zero-order valence-electron chi connectivity index (χ0n) is 16.1. The molecule has 0 spiro atoms. The van der Waals surface area contributed by atoms with Crippen molar-refractivity contribution in [3.63, 3.8) is 0 Å². The summed E-state index contributed by atoms with van der Waals surface area (Å²) in [5.41, 5.74) is 0.785. The zero-order chi connectivity index (χ0) is 20.3. The van der Waals surface area contributed by atoms with Crippen LogP contribution < -0.4 is 16.2 Å². The molecule has 7 nitrogen and oxygen atoms in total. The molecule has 0 radical (unpaired) electrons. The molecule has 27 heavy (non-hydrogen) atoms. The number of nitrogens with one attached hydrogen (secondary N) is 2. The number of allylic oxidation sites excluding steroid dienone is 1. The number of amides is 3. The molecule has 0 fully saturated rings. The average Bonchev–Trinajstić information content (AvgIpc) is 2.84. The van der Waals surface area contributed by atoms with Crippen LogP contribution in [0.1, 0.15) is 31.2 Å². The Morgan fingerprint density at radius 2 is 2.00 bits per heavy atom. The van der Waals surface area contributed by atoms with Crippen LogP contribution in [0.25, 0.3) is 10.2 Å². The number of imide groups is 1. The largest absolute Gasteiger partial charge is 0.336 e. The number of urea groups is 1. The van der Waals surface area contributed by atoms with Crippen molar-refractivity contribution >= 4 is 45.3 Å². The molecule has 2 heterocycles. The second kappa shape index (κ2) is 8.71. The Labute approximate surface area is 166 Å². The highest BCUT2D eigenvalue weighted by molar-refractivity contribution is 8.00. The molecule has 9 heteroatoms. The van der Waals surface area contributed by atoms with Gasteiger partial charge in [0.1, 0.15) is 4.83 Å². The molecular formula is C18H24N4O3S2. The predicted octanol–water partition coefficient (Wildman–Crippen LogP) is 2.98. The van der Waals surface area contributed by atoms with Gasteiger partial charge in [-0.05, 0) is 40.2 Å². The molecular weight excluding hydrogens is 384 g/mol. The van der Waals surface area contributed by atoms with Gasteiger partial charge < -0.3 is 5.32 Å². The Bertz CT molecular complexity index is 946. The lowest BCUT2D eigenvalue weighted by Gasteiger charge is -2.15. The van der Waals surface area contributed by atoms with Crippen molar-refractivity contribution in [2.45, 2.75) is 57.6 Å². The lowest BCUT2D eigenvalue weighted by atomic mass is 10.2. The standard InChI is InChI=1S/C18H24N4O3S2/c1-7-8-22-16(24)13-10(4)11(5)26-15(13)21-18(22)27-12(6)14(23)20-17(25)19-9(2)3/h7,9,12H,1,8H2,2-6H3,(H2,19,20,23,25)/t12-/m1/s1. The minimum absolute atomic E-state index is 0.0760. The van der Waals surface area contributed by atoms with Crippen LogP contribution in [0.4, 0.5) is 4.79 Å². The summed E-state index contributed by atoms with van der Waals surface area (Å²) >= 11 is 2.60. The first kappa shape index (κ1) is 21.2. The summed E-state index contributed by atoms with van der Waals surface area (Å²) in [5.74, 6) is -0.448. The van der Waals surface area contributed by atoms with Gasteiger partial charge in [-0.1, -0.05) is 17.8 Å². The maximum atomic E-state index is 12.9. The monoisotopic (exact) mass is 408 g/mol. The summed E-state index contributed by atoms with van der Waals surface area (Å²) in [6, 6.07) is -0.619. The molecule has 3 amide bonds. The number of thioether (sulfide) groups is 1. The van der Waals surface area contributed by atoms with Gasteiger partial charge in [0.15, 0.2) is 5.16 Å². The van der Waals surface area contributed by atoms with Gasteiger partial charge in [0, 0.05) is 17.5 Å². The Kier molecular flexibility index (Phi) is 6.83. The molecule has 2 aromatic heterocycles. The maximum absolute atomic E-state index is 12.9. The van der Waals surface area contributed by atoms with Crippen molar-refractivity contribution in [3.8, 4) is 0 Å². The van der Waals surface area contributed by atoms with Crippen LogP contribution in [0.2, 0.25) is 0 Å². The van der Waals surface area contributed by atoms with Gasteiger partial charge in [-0.15, -0.1) is 17.9 Å². The van der Waals surface area contributed by atoms with E-state index >= 15 is 0 Å². The number of hydrogen-bond acceptors (Lipinski definition) is 6. The van der Waals surface area contributed by atoms with Crippen LogP contribution >= 0.6 is 23.1 Å². The molecule has 0 aliphatic carbocycles. The second-order valence-corrected chi connectivity index (χ2v) is 8.95. The summed E-state index contributed by atoms with van der Waals surface area (Å²) in [6.07, 6.45) is 1.62. The third-order valence-electron chi connectivity index (χ3n) is 3.87. The van der Waals surface area contributed by atoms with Crippen LogP contribution in [0.5, 0.6) is 0 Å². The fraction of sp³-hybridized carbons (Fsp3) is 0.444. The van der Waals surface area contributed by atoms with E-state index in [4.69, 9.17) is 0 Å². The maximum Gasteiger partial charge on any atom is 0.321 e. The Balaban J connectivity index is 2.33. The van der Waals surface area contributed by atoms with E-state index < -0.39 is 17.2 Å². The van der Waals surface area contributed by atoms with Gasteiger partial charge in [0.25, 0.3) is 5.56 Å². The van der Waals surface area contributed by atoms with Gasteiger partial charge in [0.2, 0.25) is 5.91 Å². The summed E-state index contributed by atoms with van der Waals surface area (Å²) in [7, 11) is 0. The number of rotatable bonds is 6. The number of fused-ring (bicyclic) bond motifs is 1. The van der Waals surface area contributed by atoms with Crippen molar-refractivity contribution < 1.29 is 9.59 Å². The van der Waals surface area contributed by atoms with Crippen LogP contribution in [0.3, 0.4) is 0 Å². The number of hydrogen-bond donors (Lipinski definition) is 2. The third kappa shape index (κ3) is 4.78. The van der Waals surface area contributed by atoms with Crippen molar-refractivity contribution in [1.82, 2.24) is 20.2 Å². The highest BCUT2D eigenvalue weighted by Gasteiger charge is 2.22. The molecule has 0 saturated carbocycles. The first-order valence-electron chi connectivity index (χ1n) is 8.55. The molecule has 2 aromatic rings. The van der Waals surface area contributed by atoms with Gasteiger partial charge in [-0.2, -0.15) is 0 Å². The Morgan fingerprint density at radius 1 is 1.33 bits per heavy atom. The van der Waals surface area contributed by atoms with E-state index in [-0.39, 0.29) is 11.6 Å². The molecule has 0 aliphatic heterocycles. The molecule has 2 N–H and O–H groups in total. The smallest absolute Gasteiger partial charge is 0.321 e. The zero-order valence-corrected chi connectivity index (χ0v) is 17.7. The van der Waals surface area contributed by atoms with E-state index in [1.807, 2.05) is 13.8 Å². The van der Waals surface area contributed by atoms with Crippen LogP contribution in [-0.2, 0) is 11.3 Å². The van der Waals surface area contributed by atoms with Crippen molar-refractivity contribution in [2.24, 2.45) is 0 Å². The summed E-state index contributed by atoms with van der Waals surface area (Å²) in [4.78, 5) is 43.2. The molecule has 0 aromatic carbocycles. The molecule has 0 aliphatic rings. The SMILES string of the molecule is C=CCn1c(S[C@H](C)C(=O)NC(=O)NC(C)C)nc2sc(C)c(C)c2c1=O. The van der Waals surface area contributed by atoms with Gasteiger partial charge in [-0.25, -0.2) is 9.78 Å². The normalized spacial score (nSPS) is 12.2. The summed E-state index contributed by atoms with van der Waals surface area (Å²) in [6.45, 7) is 13.1. The number of carbonyl (C=O) groups excluding carboxylic acids is 2. The second-order valence-electron chi connectivity index (χ2n) is 6.44. The average molecular weight is 409 g/mol. The number of thiophene rings is 1. The van der Waals surface area contributed by atoms with Crippen molar-refractivity contribution in [1.29, 1.82) is 0 Å². The van der Waals surface area contributed by atoms with Gasteiger partial charge in [0.05, 0.1) is 10.6 Å². The molecule has 0 saturated heterocycles. The third-order valence-corrected chi connectivity index (χ3v) is 6.06. The number of aromatic nitrogens is 2. The lowest BCUT2D eigenvalue weighted by molar-refractivity contribution is -0.119. The van der Waals surface area contributed by atoms with Gasteiger partial charge in [-0.3, -0.25) is 19.5 Å². The molecule has 0 bridgehead atoms. The highest BCUT2D eigenvalue weighted by Crippen LogP contribution is 2.29. The predicted molar refractivity (Wildman–Crippen MR) is 111 cm³/mol. The van der Waals surface area contributed by atoms with E-state index in [1.54, 1.807) is 26.8 Å². The topological polar surface area (TPSA) is 93.1 Å². The molecule has 2 rings (SSSR count). The summed E-state index contributed by atoms with van der Waals surface area (Å²) in [5, 5.41) is 5.34. The van der Waals surface area contributed by atoms with Crippen molar-refractivity contribution in [3.05, 3.63) is 33.4 Å². The minimum Gasteiger partial charge on any atom is -0.336 e. The van der Waals surface area contributed by atoms with Crippen molar-refractivity contribution in [2.75, 3.05) is 0 Å². The Hall–Kier alpha value is -2.13. The first-order valence-corrected chi connectivity index (χ1v) is 10.2. The van der Waals surface area contributed by atoms with E-state index in [9.17, 15) is 14.4 Å². The van der Waals surface area contributed by atoms with Crippen LogP contribution in [0, 0.1) is 13.8 Å². The molecule has 0 unspecified atom stereocenters. The van der Waals surface area contributed by atoms with E-state index in [0.717, 1.165) is 22.2 Å². The van der Waals surface area contributed by atoms with E-state index in [1.165, 1.54) is 15.9 Å². The molecule has 1 atom stereocenters. The quantitative estimate of drug-likeness (QED) is 0.435. The van der Waals surface area contributed by atoms with E-state index in [2.05, 4.69) is 22.2 Å². The van der Waals surface area contributed by atoms with Crippen LogP contribution in [0.15, 0.2) is 22.6 Å². The van der Waals surface area contributed by atoms with E-state index in [0.29, 0.717) is 21.9 Å². The fourth-order valence-corrected chi connectivity index (χ4v) is 4.40. The minimum atomic E-state index is -0.606. The first-order chi connectivity index (χ1) is 12.6. The summed E-state index contributed by atoms with van der Waals surface area (Å²) < 4.78 is 1.51.